The molecule has 0 spiro atoms. The van der Waals surface area contributed by atoms with Crippen LogP contribution in [-0.2, 0) is 19.1 Å². The minimum atomic E-state index is -0.833. The van der Waals surface area contributed by atoms with Crippen LogP contribution in [0.2, 0.25) is 0 Å². The molecule has 1 aromatic rings. The van der Waals surface area contributed by atoms with Gasteiger partial charge in [0.1, 0.15) is 0 Å². The van der Waals surface area contributed by atoms with Crippen molar-refractivity contribution in [3.8, 4) is 0 Å². The fraction of sp³-hybridized carbons (Fsp3) is 0.438. The smallest absolute Gasteiger partial charge is 0.309 e. The van der Waals surface area contributed by atoms with Gasteiger partial charge in [0, 0.05) is 12.0 Å². The highest BCUT2D eigenvalue weighted by Gasteiger charge is 2.35. The average Bonchev–Trinajstić information content (AvgIpc) is 2.54. The molecule has 0 heterocycles. The molecule has 21 heavy (non-hydrogen) atoms. The summed E-state index contributed by atoms with van der Waals surface area (Å²) in [5.41, 5.74) is 0.506. The van der Waals surface area contributed by atoms with Crippen LogP contribution in [0.25, 0.3) is 0 Å². The Bertz CT molecular complexity index is 495. The first-order valence-corrected chi connectivity index (χ1v) is 6.79. The number of hydrogen-bond acceptors (Lipinski definition) is 5. The van der Waals surface area contributed by atoms with E-state index in [0.717, 1.165) is 0 Å². The zero-order valence-electron chi connectivity index (χ0n) is 12.5. The zero-order chi connectivity index (χ0) is 15.8. The van der Waals surface area contributed by atoms with Gasteiger partial charge in [-0.3, -0.25) is 14.4 Å². The zero-order valence-corrected chi connectivity index (χ0v) is 12.5. The van der Waals surface area contributed by atoms with Gasteiger partial charge in [0.05, 0.1) is 26.1 Å². The largest absolute Gasteiger partial charge is 0.469 e. The molecule has 0 N–H and O–H groups in total. The number of carbonyl (C=O) groups is 3. The van der Waals surface area contributed by atoms with Crippen LogP contribution in [0.3, 0.4) is 0 Å². The molecule has 0 amide bonds. The summed E-state index contributed by atoms with van der Waals surface area (Å²) in [4.78, 5) is 35.9. The highest BCUT2D eigenvalue weighted by atomic mass is 16.5. The summed E-state index contributed by atoms with van der Waals surface area (Å²) in [6, 6.07) is 8.65. The predicted octanol–water partition coefficient (Wildman–Crippen LogP) is 2.25. The molecule has 5 nitrogen and oxygen atoms in total. The monoisotopic (exact) mass is 292 g/mol. The molecular weight excluding hydrogens is 272 g/mol. The van der Waals surface area contributed by atoms with E-state index in [0.29, 0.717) is 12.0 Å². The van der Waals surface area contributed by atoms with Gasteiger partial charge < -0.3 is 9.47 Å². The maximum absolute atomic E-state index is 12.2. The Hall–Kier alpha value is -2.17. The third-order valence-corrected chi connectivity index (χ3v) is 3.43. The Balaban J connectivity index is 2.95. The van der Waals surface area contributed by atoms with Crippen molar-refractivity contribution in [1.29, 1.82) is 0 Å². The van der Waals surface area contributed by atoms with Crippen molar-refractivity contribution in [2.75, 3.05) is 14.2 Å². The van der Waals surface area contributed by atoms with Gasteiger partial charge in [0.25, 0.3) is 0 Å². The van der Waals surface area contributed by atoms with Crippen LogP contribution in [0.15, 0.2) is 30.3 Å². The van der Waals surface area contributed by atoms with Gasteiger partial charge >= 0.3 is 11.9 Å². The predicted molar refractivity (Wildman–Crippen MR) is 76.7 cm³/mol. The summed E-state index contributed by atoms with van der Waals surface area (Å²) in [5, 5.41) is 0. The van der Waals surface area contributed by atoms with Crippen LogP contribution >= 0.6 is 0 Å². The molecular formula is C16H20O5. The summed E-state index contributed by atoms with van der Waals surface area (Å²) in [7, 11) is 2.50. The summed E-state index contributed by atoms with van der Waals surface area (Å²) in [6.45, 7) is 1.77. The lowest BCUT2D eigenvalue weighted by atomic mass is 9.85. The van der Waals surface area contributed by atoms with Gasteiger partial charge in [-0.15, -0.1) is 0 Å². The maximum atomic E-state index is 12.2. The molecule has 0 aliphatic heterocycles. The van der Waals surface area contributed by atoms with Crippen LogP contribution < -0.4 is 0 Å². The molecule has 114 valence electrons. The second kappa shape index (κ2) is 8.19. The standard InChI is InChI=1S/C16H20O5/c1-4-12(15(18)20-2)13(16(19)21-3)10-14(17)11-8-6-5-7-9-11/h5-9,12-13H,4,10H2,1-3H3. The topological polar surface area (TPSA) is 69.7 Å². The molecule has 0 saturated heterocycles. The van der Waals surface area contributed by atoms with Gasteiger partial charge in [-0.25, -0.2) is 0 Å². The fourth-order valence-corrected chi connectivity index (χ4v) is 2.25. The maximum Gasteiger partial charge on any atom is 0.309 e. The van der Waals surface area contributed by atoms with Crippen LogP contribution in [-0.4, -0.2) is 31.9 Å². The SMILES string of the molecule is CCC(C(=O)OC)C(CC(=O)c1ccccc1)C(=O)OC. The van der Waals surface area contributed by atoms with Crippen molar-refractivity contribution in [1.82, 2.24) is 0 Å². The van der Waals surface area contributed by atoms with E-state index in [2.05, 4.69) is 0 Å². The quantitative estimate of drug-likeness (QED) is 0.569. The molecule has 0 aromatic heterocycles. The lowest BCUT2D eigenvalue weighted by Crippen LogP contribution is -2.33. The number of ether oxygens (including phenoxy) is 2. The third-order valence-electron chi connectivity index (χ3n) is 3.43. The van der Waals surface area contributed by atoms with Crippen molar-refractivity contribution in [2.24, 2.45) is 11.8 Å². The van der Waals surface area contributed by atoms with Crippen LogP contribution in [0, 0.1) is 11.8 Å². The normalized spacial score (nSPS) is 13.1. The van der Waals surface area contributed by atoms with Crippen molar-refractivity contribution in [3.05, 3.63) is 35.9 Å². The van der Waals surface area contributed by atoms with Crippen LogP contribution in [0.5, 0.6) is 0 Å². The second-order valence-electron chi connectivity index (χ2n) is 4.66. The van der Waals surface area contributed by atoms with Crippen molar-refractivity contribution >= 4 is 17.7 Å². The number of rotatable bonds is 7. The first-order chi connectivity index (χ1) is 10.0. The molecule has 2 atom stereocenters. The van der Waals surface area contributed by atoms with Crippen molar-refractivity contribution in [3.63, 3.8) is 0 Å². The number of methoxy groups -OCH3 is 2. The van der Waals surface area contributed by atoms with Crippen molar-refractivity contribution < 1.29 is 23.9 Å². The minimum Gasteiger partial charge on any atom is -0.469 e. The lowest BCUT2D eigenvalue weighted by molar-refractivity contribution is -0.157. The Morgan fingerprint density at radius 1 is 0.952 bits per heavy atom. The van der Waals surface area contributed by atoms with Gasteiger partial charge in [-0.1, -0.05) is 37.3 Å². The molecule has 0 aliphatic carbocycles. The molecule has 1 aromatic carbocycles. The fourth-order valence-electron chi connectivity index (χ4n) is 2.25. The van der Waals surface area contributed by atoms with Crippen LogP contribution in [0.1, 0.15) is 30.1 Å². The van der Waals surface area contributed by atoms with E-state index in [4.69, 9.17) is 9.47 Å². The van der Waals surface area contributed by atoms with E-state index in [-0.39, 0.29) is 12.2 Å². The second-order valence-corrected chi connectivity index (χ2v) is 4.66. The molecule has 2 unspecified atom stereocenters. The van der Waals surface area contributed by atoms with E-state index in [9.17, 15) is 14.4 Å². The Morgan fingerprint density at radius 2 is 1.48 bits per heavy atom. The highest BCUT2D eigenvalue weighted by Crippen LogP contribution is 2.24. The number of ketones is 1. The minimum absolute atomic E-state index is 0.0791. The summed E-state index contributed by atoms with van der Waals surface area (Å²) in [6.07, 6.45) is 0.318. The number of hydrogen-bond donors (Lipinski definition) is 0. The van der Waals surface area contributed by atoms with E-state index >= 15 is 0 Å². The molecule has 0 bridgehead atoms. The Kier molecular flexibility index (Phi) is 6.59. The molecule has 0 radical (unpaired) electrons. The van der Waals surface area contributed by atoms with Gasteiger partial charge in [0.15, 0.2) is 5.78 Å². The summed E-state index contributed by atoms with van der Waals surface area (Å²) in [5.74, 6) is -2.80. The Morgan fingerprint density at radius 3 is 1.95 bits per heavy atom. The molecule has 0 fully saturated rings. The van der Waals surface area contributed by atoms with Crippen LogP contribution in [0.4, 0.5) is 0 Å². The van der Waals surface area contributed by atoms with Gasteiger partial charge in [-0.05, 0) is 6.42 Å². The van der Waals surface area contributed by atoms with E-state index in [1.807, 2.05) is 0 Å². The number of Topliss-reactive ketones (excluding diaryl/α,β-unsaturated/α-hetero) is 1. The third kappa shape index (κ3) is 4.41. The van der Waals surface area contributed by atoms with E-state index < -0.39 is 23.8 Å². The summed E-state index contributed by atoms with van der Waals surface area (Å²) < 4.78 is 9.44. The average molecular weight is 292 g/mol. The highest BCUT2D eigenvalue weighted by molar-refractivity contribution is 5.98. The molecule has 1 rings (SSSR count). The molecule has 0 saturated carbocycles. The van der Waals surface area contributed by atoms with E-state index in [1.165, 1.54) is 14.2 Å². The number of esters is 2. The summed E-state index contributed by atoms with van der Waals surface area (Å²) >= 11 is 0. The number of benzene rings is 1. The van der Waals surface area contributed by atoms with Gasteiger partial charge in [-0.2, -0.15) is 0 Å². The van der Waals surface area contributed by atoms with Crippen molar-refractivity contribution in [2.45, 2.75) is 19.8 Å². The number of carbonyl (C=O) groups excluding carboxylic acids is 3. The molecule has 5 heteroatoms. The van der Waals surface area contributed by atoms with E-state index in [1.54, 1.807) is 37.3 Å². The van der Waals surface area contributed by atoms with Gasteiger partial charge in [0.2, 0.25) is 0 Å². The first kappa shape index (κ1) is 16.9. The first-order valence-electron chi connectivity index (χ1n) is 6.79. The lowest BCUT2D eigenvalue weighted by Gasteiger charge is -2.21. The molecule has 0 aliphatic rings. The Labute approximate surface area is 124 Å².